The first-order chi connectivity index (χ1) is 9.42. The maximum absolute atomic E-state index is 12.2. The van der Waals surface area contributed by atoms with Gasteiger partial charge in [0.05, 0.1) is 6.10 Å². The molecule has 0 radical (unpaired) electrons. The van der Waals surface area contributed by atoms with Crippen LogP contribution < -0.4 is 5.32 Å². The number of Topliss-reactive ketones (excluding diaryl/α,β-unsaturated/α-hetero) is 1. The molecule has 0 fully saturated rings. The smallest absolute Gasteiger partial charge is 0.268 e. The molecule has 0 aliphatic rings. The Labute approximate surface area is 119 Å². The predicted molar refractivity (Wildman–Crippen MR) is 78.2 cm³/mol. The number of aliphatic hydroxyl groups excluding tert-OH is 1. The summed E-state index contributed by atoms with van der Waals surface area (Å²) in [5.41, 5.74) is 2.50. The molecule has 0 aromatic carbocycles. The van der Waals surface area contributed by atoms with Crippen molar-refractivity contribution in [2.45, 2.75) is 53.1 Å². The Hall–Kier alpha value is -1.62. The molecule has 20 heavy (non-hydrogen) atoms. The molecule has 5 nitrogen and oxygen atoms in total. The van der Waals surface area contributed by atoms with Crippen molar-refractivity contribution < 1.29 is 14.7 Å². The Morgan fingerprint density at radius 1 is 1.35 bits per heavy atom. The van der Waals surface area contributed by atoms with E-state index in [9.17, 15) is 14.7 Å². The zero-order chi connectivity index (χ0) is 15.3. The Bertz CT molecular complexity index is 492. The maximum atomic E-state index is 12.2. The summed E-state index contributed by atoms with van der Waals surface area (Å²) in [6.07, 6.45) is 1.60. The van der Waals surface area contributed by atoms with Gasteiger partial charge in [0.2, 0.25) is 0 Å². The van der Waals surface area contributed by atoms with Gasteiger partial charge in [0, 0.05) is 17.8 Å². The van der Waals surface area contributed by atoms with E-state index in [0.717, 1.165) is 12.0 Å². The molecular formula is C15H24N2O3. The number of hydrogen-bond donors (Lipinski definition) is 3. The Balaban J connectivity index is 2.88. The molecule has 0 spiro atoms. The quantitative estimate of drug-likeness (QED) is 0.668. The molecule has 5 heteroatoms. The van der Waals surface area contributed by atoms with Crippen LogP contribution in [0.2, 0.25) is 0 Å². The first kappa shape index (κ1) is 16.4. The fraction of sp³-hybridized carbons (Fsp3) is 0.600. The van der Waals surface area contributed by atoms with E-state index in [0.29, 0.717) is 29.8 Å². The number of ketones is 1. The van der Waals surface area contributed by atoms with Crippen molar-refractivity contribution in [2.75, 3.05) is 6.54 Å². The van der Waals surface area contributed by atoms with Gasteiger partial charge in [0.25, 0.3) is 5.91 Å². The number of hydrogen-bond acceptors (Lipinski definition) is 3. The second-order valence-electron chi connectivity index (χ2n) is 5.04. The largest absolute Gasteiger partial charge is 0.391 e. The predicted octanol–water partition coefficient (Wildman–Crippen LogP) is 1.98. The van der Waals surface area contributed by atoms with Crippen LogP contribution in [0.4, 0.5) is 0 Å². The van der Waals surface area contributed by atoms with Crippen LogP contribution in [-0.4, -0.2) is 34.4 Å². The van der Waals surface area contributed by atoms with Crippen LogP contribution in [0.5, 0.6) is 0 Å². The van der Waals surface area contributed by atoms with Gasteiger partial charge in [-0.15, -0.1) is 0 Å². The van der Waals surface area contributed by atoms with Crippen LogP contribution in [0.25, 0.3) is 0 Å². The third-order valence-corrected chi connectivity index (χ3v) is 3.34. The number of rotatable bonds is 7. The average molecular weight is 280 g/mol. The van der Waals surface area contributed by atoms with E-state index < -0.39 is 6.10 Å². The molecule has 1 heterocycles. The topological polar surface area (TPSA) is 82.2 Å². The van der Waals surface area contributed by atoms with Crippen molar-refractivity contribution in [3.8, 4) is 0 Å². The molecule has 1 rings (SSSR count). The lowest BCUT2D eigenvalue weighted by Crippen LogP contribution is -2.32. The van der Waals surface area contributed by atoms with Crippen molar-refractivity contribution >= 4 is 11.7 Å². The summed E-state index contributed by atoms with van der Waals surface area (Å²) in [6.45, 7) is 7.41. The number of carbonyl (C=O) groups is 2. The molecule has 1 aromatic heterocycles. The van der Waals surface area contributed by atoms with Crippen LogP contribution in [0, 0.1) is 6.92 Å². The van der Waals surface area contributed by atoms with Crippen LogP contribution in [0.3, 0.4) is 0 Å². The molecule has 1 atom stereocenters. The fourth-order valence-electron chi connectivity index (χ4n) is 2.43. The molecule has 0 saturated carbocycles. The van der Waals surface area contributed by atoms with Gasteiger partial charge in [-0.2, -0.15) is 0 Å². The van der Waals surface area contributed by atoms with Crippen molar-refractivity contribution in [3.05, 3.63) is 22.5 Å². The molecule has 0 aliphatic carbocycles. The lowest BCUT2D eigenvalue weighted by molar-refractivity contribution is 0.0905. The summed E-state index contributed by atoms with van der Waals surface area (Å²) in [4.78, 5) is 26.8. The van der Waals surface area contributed by atoms with Crippen molar-refractivity contribution in [1.29, 1.82) is 0 Å². The Kier molecular flexibility index (Phi) is 5.95. The fourth-order valence-corrected chi connectivity index (χ4v) is 2.43. The maximum Gasteiger partial charge on any atom is 0.268 e. The molecule has 0 saturated heterocycles. The summed E-state index contributed by atoms with van der Waals surface area (Å²) in [7, 11) is 0. The van der Waals surface area contributed by atoms with E-state index in [4.69, 9.17) is 0 Å². The van der Waals surface area contributed by atoms with E-state index in [1.54, 1.807) is 6.92 Å². The van der Waals surface area contributed by atoms with Gasteiger partial charge in [0.1, 0.15) is 5.69 Å². The summed E-state index contributed by atoms with van der Waals surface area (Å²) in [5.74, 6) is -0.312. The van der Waals surface area contributed by atoms with Gasteiger partial charge in [-0.1, -0.05) is 20.3 Å². The van der Waals surface area contributed by atoms with Gasteiger partial charge in [-0.3, -0.25) is 9.59 Å². The van der Waals surface area contributed by atoms with Gasteiger partial charge in [-0.25, -0.2) is 0 Å². The van der Waals surface area contributed by atoms with Gasteiger partial charge < -0.3 is 15.4 Å². The average Bonchev–Trinajstić information content (AvgIpc) is 2.73. The molecule has 1 aromatic rings. The number of amides is 1. The SMILES string of the molecule is CCCC(O)CNC(=O)c1[nH]c(C)c(C(C)=O)c1CC. The van der Waals surface area contributed by atoms with Gasteiger partial charge in [0.15, 0.2) is 5.78 Å². The summed E-state index contributed by atoms with van der Waals surface area (Å²) in [6, 6.07) is 0. The standard InChI is InChI=1S/C15H24N2O3/c1-5-7-11(19)8-16-15(20)14-12(6-2)13(10(4)18)9(3)17-14/h11,17,19H,5-8H2,1-4H3,(H,16,20). The van der Waals surface area contributed by atoms with Crippen molar-refractivity contribution in [3.63, 3.8) is 0 Å². The lowest BCUT2D eigenvalue weighted by Gasteiger charge is -2.11. The summed E-state index contributed by atoms with van der Waals surface area (Å²) < 4.78 is 0. The third kappa shape index (κ3) is 3.70. The summed E-state index contributed by atoms with van der Waals surface area (Å²) >= 11 is 0. The number of carbonyl (C=O) groups excluding carboxylic acids is 2. The molecule has 1 amide bonds. The highest BCUT2D eigenvalue weighted by atomic mass is 16.3. The van der Waals surface area contributed by atoms with Gasteiger partial charge in [-0.05, 0) is 32.3 Å². The zero-order valence-electron chi connectivity index (χ0n) is 12.7. The number of aliphatic hydroxyl groups is 1. The van der Waals surface area contributed by atoms with E-state index in [1.165, 1.54) is 6.92 Å². The minimum Gasteiger partial charge on any atom is -0.391 e. The molecule has 0 bridgehead atoms. The van der Waals surface area contributed by atoms with Gasteiger partial charge >= 0.3 is 0 Å². The van der Waals surface area contributed by atoms with Crippen molar-refractivity contribution in [1.82, 2.24) is 10.3 Å². The second-order valence-corrected chi connectivity index (χ2v) is 5.04. The normalized spacial score (nSPS) is 12.2. The highest BCUT2D eigenvalue weighted by molar-refractivity contribution is 6.02. The first-order valence-corrected chi connectivity index (χ1v) is 7.10. The highest BCUT2D eigenvalue weighted by Crippen LogP contribution is 2.20. The van der Waals surface area contributed by atoms with Crippen LogP contribution in [-0.2, 0) is 6.42 Å². The van der Waals surface area contributed by atoms with Crippen molar-refractivity contribution in [2.24, 2.45) is 0 Å². The number of aromatic amines is 1. The van der Waals surface area contributed by atoms with E-state index in [2.05, 4.69) is 10.3 Å². The molecule has 1 unspecified atom stereocenters. The van der Waals surface area contributed by atoms with Crippen LogP contribution >= 0.6 is 0 Å². The molecule has 0 aliphatic heterocycles. The monoisotopic (exact) mass is 280 g/mol. The molecule has 3 N–H and O–H groups in total. The van der Waals surface area contributed by atoms with E-state index >= 15 is 0 Å². The lowest BCUT2D eigenvalue weighted by atomic mass is 10.0. The second kappa shape index (κ2) is 7.24. The van der Waals surface area contributed by atoms with Crippen LogP contribution in [0.15, 0.2) is 0 Å². The first-order valence-electron chi connectivity index (χ1n) is 7.10. The number of H-pyrrole nitrogens is 1. The summed E-state index contributed by atoms with van der Waals surface area (Å²) in [5, 5.41) is 12.3. The minimum atomic E-state index is -0.530. The zero-order valence-corrected chi connectivity index (χ0v) is 12.7. The Morgan fingerprint density at radius 2 is 2.00 bits per heavy atom. The number of aryl methyl sites for hydroxylation is 1. The number of aromatic nitrogens is 1. The highest BCUT2D eigenvalue weighted by Gasteiger charge is 2.21. The molecular weight excluding hydrogens is 256 g/mol. The van der Waals surface area contributed by atoms with E-state index in [1.807, 2.05) is 13.8 Å². The number of nitrogens with one attached hydrogen (secondary N) is 2. The minimum absolute atomic E-state index is 0.0410. The Morgan fingerprint density at radius 3 is 2.50 bits per heavy atom. The third-order valence-electron chi connectivity index (χ3n) is 3.34. The van der Waals surface area contributed by atoms with Crippen LogP contribution in [0.1, 0.15) is 65.7 Å². The van der Waals surface area contributed by atoms with E-state index in [-0.39, 0.29) is 18.2 Å². The molecule has 112 valence electrons.